The molecule has 0 fully saturated rings. The number of aromatic nitrogens is 2. The van der Waals surface area contributed by atoms with E-state index in [0.29, 0.717) is 16.5 Å². The van der Waals surface area contributed by atoms with Crippen molar-refractivity contribution in [1.82, 2.24) is 15.0 Å². The molecule has 0 amide bonds. The van der Waals surface area contributed by atoms with Crippen molar-refractivity contribution >= 4 is 28.7 Å². The average Bonchev–Trinajstić information content (AvgIpc) is 2.92. The van der Waals surface area contributed by atoms with E-state index in [9.17, 15) is 0 Å². The van der Waals surface area contributed by atoms with Gasteiger partial charge in [0, 0.05) is 21.8 Å². The summed E-state index contributed by atoms with van der Waals surface area (Å²) >= 11 is 12.3. The van der Waals surface area contributed by atoms with Gasteiger partial charge in [-0.2, -0.15) is 5.10 Å². The highest BCUT2D eigenvalue weighted by atomic mass is 35.5. The van der Waals surface area contributed by atoms with Crippen molar-refractivity contribution in [2.45, 2.75) is 12.5 Å². The summed E-state index contributed by atoms with van der Waals surface area (Å²) in [4.78, 5) is 0. The fraction of sp³-hybridized carbons (Fsp3) is 0.133. The second-order valence-corrected chi connectivity index (χ2v) is 5.63. The van der Waals surface area contributed by atoms with Gasteiger partial charge in [-0.25, -0.2) is 4.52 Å². The van der Waals surface area contributed by atoms with Crippen LogP contribution in [0.25, 0.3) is 5.52 Å². The molecule has 1 aromatic carbocycles. The van der Waals surface area contributed by atoms with Crippen LogP contribution in [-0.2, 0) is 6.42 Å². The molecule has 0 saturated carbocycles. The first-order valence-corrected chi connectivity index (χ1v) is 7.27. The van der Waals surface area contributed by atoms with E-state index in [1.165, 1.54) is 0 Å². The Balaban J connectivity index is 1.97. The molecule has 108 valence electrons. The van der Waals surface area contributed by atoms with E-state index in [4.69, 9.17) is 29.0 Å². The topological polar surface area (TPSA) is 55.3 Å². The number of nitrogens with one attached hydrogen (secondary N) is 1. The molecule has 4 nitrogen and oxygen atoms in total. The Morgan fingerprint density at radius 2 is 2.10 bits per heavy atom. The van der Waals surface area contributed by atoms with Crippen molar-refractivity contribution in [3.8, 4) is 0 Å². The van der Waals surface area contributed by atoms with E-state index in [1.54, 1.807) is 12.1 Å². The first-order chi connectivity index (χ1) is 10.2. The molecule has 3 N–H and O–H groups in total. The van der Waals surface area contributed by atoms with Gasteiger partial charge in [0.2, 0.25) is 0 Å². The lowest BCUT2D eigenvalue weighted by Crippen LogP contribution is -2.29. The molecule has 2 aromatic heterocycles. The molecule has 0 radical (unpaired) electrons. The Morgan fingerprint density at radius 3 is 2.90 bits per heavy atom. The summed E-state index contributed by atoms with van der Waals surface area (Å²) in [5, 5.41) is 5.67. The van der Waals surface area contributed by atoms with Crippen LogP contribution in [-0.4, -0.2) is 9.61 Å². The number of pyridine rings is 1. The Kier molecular flexibility index (Phi) is 4.12. The van der Waals surface area contributed by atoms with E-state index in [1.807, 2.05) is 41.2 Å². The summed E-state index contributed by atoms with van der Waals surface area (Å²) in [7, 11) is 0. The summed E-state index contributed by atoms with van der Waals surface area (Å²) in [5.41, 5.74) is 5.82. The summed E-state index contributed by atoms with van der Waals surface area (Å²) in [5.74, 6) is 5.73. The standard InChI is InChI=1S/C15H14Cl2N4/c16-11-4-5-13(17)10(7-11)8-14(20-18)12-9-19-21-6-2-1-3-15(12)21/h1-7,9,14,20H,8,18H2. The van der Waals surface area contributed by atoms with Gasteiger partial charge in [-0.15, -0.1) is 0 Å². The minimum atomic E-state index is -0.0964. The molecular weight excluding hydrogens is 307 g/mol. The maximum Gasteiger partial charge on any atom is 0.0710 e. The van der Waals surface area contributed by atoms with E-state index in [0.717, 1.165) is 16.6 Å². The van der Waals surface area contributed by atoms with E-state index in [2.05, 4.69) is 10.5 Å². The Labute approximate surface area is 132 Å². The van der Waals surface area contributed by atoms with Crippen molar-refractivity contribution in [1.29, 1.82) is 0 Å². The molecule has 1 atom stereocenters. The predicted molar refractivity (Wildman–Crippen MR) is 85.4 cm³/mol. The van der Waals surface area contributed by atoms with E-state index in [-0.39, 0.29) is 6.04 Å². The highest BCUT2D eigenvalue weighted by molar-refractivity contribution is 6.33. The molecule has 0 spiro atoms. The van der Waals surface area contributed by atoms with Gasteiger partial charge in [-0.1, -0.05) is 29.3 Å². The van der Waals surface area contributed by atoms with E-state index >= 15 is 0 Å². The van der Waals surface area contributed by atoms with Crippen LogP contribution < -0.4 is 11.3 Å². The monoisotopic (exact) mass is 320 g/mol. The van der Waals surface area contributed by atoms with Crippen LogP contribution in [0.4, 0.5) is 0 Å². The summed E-state index contributed by atoms with van der Waals surface area (Å²) in [6, 6.07) is 11.2. The molecule has 6 heteroatoms. The maximum absolute atomic E-state index is 6.23. The minimum Gasteiger partial charge on any atom is -0.271 e. The minimum absolute atomic E-state index is 0.0964. The molecule has 3 rings (SSSR count). The molecule has 0 saturated heterocycles. The SMILES string of the molecule is NNC(Cc1cc(Cl)ccc1Cl)c1cnn2ccccc12. The quantitative estimate of drug-likeness (QED) is 0.572. The van der Waals surface area contributed by atoms with Gasteiger partial charge in [-0.05, 0) is 42.3 Å². The van der Waals surface area contributed by atoms with Gasteiger partial charge >= 0.3 is 0 Å². The van der Waals surface area contributed by atoms with Gasteiger partial charge in [0.15, 0.2) is 0 Å². The molecule has 2 heterocycles. The third-order valence-electron chi connectivity index (χ3n) is 3.46. The third-order valence-corrected chi connectivity index (χ3v) is 4.07. The number of hydrogen-bond donors (Lipinski definition) is 2. The summed E-state index contributed by atoms with van der Waals surface area (Å²) in [6.45, 7) is 0. The van der Waals surface area contributed by atoms with Crippen LogP contribution in [0.15, 0.2) is 48.8 Å². The number of hydrazine groups is 1. The number of nitrogens with two attached hydrogens (primary N) is 1. The van der Waals surface area contributed by atoms with Crippen molar-refractivity contribution in [2.24, 2.45) is 5.84 Å². The smallest absolute Gasteiger partial charge is 0.0710 e. The molecule has 21 heavy (non-hydrogen) atoms. The third kappa shape index (κ3) is 2.89. The number of halogens is 2. The lowest BCUT2D eigenvalue weighted by atomic mass is 10.0. The Hall–Kier alpha value is -1.59. The highest BCUT2D eigenvalue weighted by Crippen LogP contribution is 2.27. The zero-order valence-electron chi connectivity index (χ0n) is 11.1. The van der Waals surface area contributed by atoms with Gasteiger partial charge in [0.1, 0.15) is 0 Å². The van der Waals surface area contributed by atoms with Gasteiger partial charge in [-0.3, -0.25) is 11.3 Å². The molecule has 1 unspecified atom stereocenters. The van der Waals surface area contributed by atoms with Crippen molar-refractivity contribution in [3.63, 3.8) is 0 Å². The summed E-state index contributed by atoms with van der Waals surface area (Å²) < 4.78 is 1.82. The first-order valence-electron chi connectivity index (χ1n) is 6.51. The Bertz CT molecular complexity index is 769. The predicted octanol–water partition coefficient (Wildman–Crippen LogP) is 3.39. The first kappa shape index (κ1) is 14.4. The van der Waals surface area contributed by atoms with Crippen LogP contribution in [0, 0.1) is 0 Å². The zero-order chi connectivity index (χ0) is 14.8. The summed E-state index contributed by atoms with van der Waals surface area (Å²) in [6.07, 6.45) is 4.35. The van der Waals surface area contributed by atoms with Crippen LogP contribution in [0.2, 0.25) is 10.0 Å². The Morgan fingerprint density at radius 1 is 1.24 bits per heavy atom. The van der Waals surface area contributed by atoms with Crippen molar-refractivity contribution < 1.29 is 0 Å². The van der Waals surface area contributed by atoms with Crippen LogP contribution in [0.1, 0.15) is 17.2 Å². The van der Waals surface area contributed by atoms with E-state index < -0.39 is 0 Å². The van der Waals surface area contributed by atoms with Crippen LogP contribution in [0.5, 0.6) is 0 Å². The second-order valence-electron chi connectivity index (χ2n) is 4.79. The zero-order valence-corrected chi connectivity index (χ0v) is 12.6. The fourth-order valence-electron chi connectivity index (χ4n) is 2.40. The molecule has 0 bridgehead atoms. The maximum atomic E-state index is 6.23. The van der Waals surface area contributed by atoms with Gasteiger partial charge in [0.05, 0.1) is 17.8 Å². The molecular formula is C15H14Cl2N4. The number of fused-ring (bicyclic) bond motifs is 1. The highest BCUT2D eigenvalue weighted by Gasteiger charge is 2.17. The largest absolute Gasteiger partial charge is 0.271 e. The fourth-order valence-corrected chi connectivity index (χ4v) is 2.79. The average molecular weight is 321 g/mol. The van der Waals surface area contributed by atoms with Gasteiger partial charge < -0.3 is 0 Å². The number of benzene rings is 1. The van der Waals surface area contributed by atoms with Crippen LogP contribution in [0.3, 0.4) is 0 Å². The van der Waals surface area contributed by atoms with Gasteiger partial charge in [0.25, 0.3) is 0 Å². The molecule has 3 aromatic rings. The lowest BCUT2D eigenvalue weighted by Gasteiger charge is -2.16. The number of nitrogens with zero attached hydrogens (tertiary/aromatic N) is 2. The molecule has 0 aliphatic rings. The molecule has 0 aliphatic carbocycles. The van der Waals surface area contributed by atoms with Crippen molar-refractivity contribution in [2.75, 3.05) is 0 Å². The van der Waals surface area contributed by atoms with Crippen LogP contribution >= 0.6 is 23.2 Å². The van der Waals surface area contributed by atoms with Crippen molar-refractivity contribution in [3.05, 3.63) is 70.0 Å². The number of rotatable bonds is 4. The normalized spacial score (nSPS) is 12.7. The number of hydrogen-bond acceptors (Lipinski definition) is 3. The lowest BCUT2D eigenvalue weighted by molar-refractivity contribution is 0.555. The molecule has 0 aliphatic heterocycles. The second kappa shape index (κ2) is 6.03.